The lowest BCUT2D eigenvalue weighted by atomic mass is 10.00. The van der Waals surface area contributed by atoms with E-state index in [1.807, 2.05) is 12.2 Å². The summed E-state index contributed by atoms with van der Waals surface area (Å²) in [6.07, 6.45) is 32.7. The maximum atomic E-state index is 12.8. The Hall–Kier alpha value is -2.65. The lowest BCUT2D eigenvalue weighted by Gasteiger charge is -2.40. The minimum atomic E-state index is -4.61. The summed E-state index contributed by atoms with van der Waals surface area (Å²) in [5.41, 5.74) is 0. The predicted molar refractivity (Wildman–Crippen MR) is 229 cm³/mol. The van der Waals surface area contributed by atoms with Crippen molar-refractivity contribution in [2.75, 3.05) is 19.0 Å². The number of unbranched alkanes of at least 4 members (excludes halogenated alkanes) is 13. The van der Waals surface area contributed by atoms with Gasteiger partial charge in [-0.05, 0) is 51.4 Å². The molecule has 0 radical (unpaired) electrons. The Morgan fingerprint density at radius 1 is 0.603 bits per heavy atom. The Balaban J connectivity index is 2.51. The molecule has 0 aromatic heterocycles. The monoisotopic (exact) mass is 841 g/mol. The van der Waals surface area contributed by atoms with Gasteiger partial charge in [-0.2, -0.15) is 8.42 Å². The normalized spacial score (nSPS) is 21.0. The Morgan fingerprint density at radius 3 is 1.60 bits per heavy atom. The number of ether oxygens (including phenoxy) is 4. The van der Waals surface area contributed by atoms with Gasteiger partial charge >= 0.3 is 11.9 Å². The van der Waals surface area contributed by atoms with Gasteiger partial charge in [0.25, 0.3) is 10.1 Å². The first-order valence-corrected chi connectivity index (χ1v) is 23.5. The van der Waals surface area contributed by atoms with E-state index in [4.69, 9.17) is 18.9 Å². The second-order valence-corrected chi connectivity index (χ2v) is 16.5. The van der Waals surface area contributed by atoms with Crippen LogP contribution in [0.3, 0.4) is 0 Å². The van der Waals surface area contributed by atoms with Crippen LogP contribution < -0.4 is 0 Å². The predicted octanol–water partition coefficient (Wildman–Crippen LogP) is 8.56. The molecule has 4 N–H and O–H groups in total. The summed E-state index contributed by atoms with van der Waals surface area (Å²) in [5.74, 6) is -2.06. The average molecular weight is 841 g/mol. The second kappa shape index (κ2) is 35.1. The van der Waals surface area contributed by atoms with E-state index in [0.717, 1.165) is 51.4 Å². The molecule has 0 bridgehead atoms. The Bertz CT molecular complexity index is 1310. The van der Waals surface area contributed by atoms with Crippen molar-refractivity contribution in [3.8, 4) is 0 Å². The fourth-order valence-corrected chi connectivity index (χ4v) is 6.93. The van der Waals surface area contributed by atoms with E-state index >= 15 is 0 Å². The number of rotatable bonds is 35. The van der Waals surface area contributed by atoms with E-state index in [1.165, 1.54) is 57.8 Å². The van der Waals surface area contributed by atoms with Gasteiger partial charge in [0.1, 0.15) is 36.8 Å². The summed E-state index contributed by atoms with van der Waals surface area (Å²) < 4.78 is 53.9. The zero-order valence-corrected chi connectivity index (χ0v) is 36.2. The molecule has 6 atom stereocenters. The van der Waals surface area contributed by atoms with Crippen LogP contribution >= 0.6 is 0 Å². The highest BCUT2D eigenvalue weighted by molar-refractivity contribution is 7.85. The smallest absolute Gasteiger partial charge is 0.306 e. The molecule has 1 heterocycles. The first-order chi connectivity index (χ1) is 28.0. The summed E-state index contributed by atoms with van der Waals surface area (Å²) >= 11 is 0. The number of aliphatic hydroxyl groups excluding tert-OH is 3. The van der Waals surface area contributed by atoms with Gasteiger partial charge in [-0.3, -0.25) is 14.1 Å². The number of allylic oxidation sites excluding steroid dienone is 10. The van der Waals surface area contributed by atoms with Crippen molar-refractivity contribution in [3.05, 3.63) is 60.8 Å². The average Bonchev–Trinajstić information content (AvgIpc) is 3.18. The van der Waals surface area contributed by atoms with E-state index in [2.05, 4.69) is 62.5 Å². The van der Waals surface area contributed by atoms with E-state index in [-0.39, 0.29) is 19.4 Å². The molecule has 13 heteroatoms. The number of hydrogen-bond donors (Lipinski definition) is 4. The molecule has 0 amide bonds. The highest BCUT2D eigenvalue weighted by Crippen LogP contribution is 2.24. The Morgan fingerprint density at radius 2 is 1.09 bits per heavy atom. The topological polar surface area (TPSA) is 186 Å². The lowest BCUT2D eigenvalue weighted by Crippen LogP contribution is -2.60. The Kier molecular flexibility index (Phi) is 32.3. The Labute approximate surface area is 349 Å². The molecule has 1 fully saturated rings. The fourth-order valence-electron chi connectivity index (χ4n) is 6.24. The first-order valence-electron chi connectivity index (χ1n) is 21.8. The maximum absolute atomic E-state index is 12.8. The molecular weight excluding hydrogens is 765 g/mol. The van der Waals surface area contributed by atoms with Gasteiger partial charge in [-0.25, -0.2) is 0 Å². The highest BCUT2D eigenvalue weighted by atomic mass is 32.2. The molecule has 0 aromatic rings. The van der Waals surface area contributed by atoms with Crippen LogP contribution in [0.15, 0.2) is 60.8 Å². The van der Waals surface area contributed by atoms with E-state index in [1.54, 1.807) is 0 Å². The van der Waals surface area contributed by atoms with Crippen molar-refractivity contribution in [3.63, 3.8) is 0 Å². The SMILES string of the molecule is CC/C=C/C/C=C/C/C=C/C/C=C/C/C=C/CCCC(=O)OCC(CO[C@H]1O[C@H](CS(=O)(=O)O)[C@@H](O)[C@H](O)[C@H]1O)OC(=O)CCCCCCCCCCCCCCC. The van der Waals surface area contributed by atoms with E-state index in [0.29, 0.717) is 19.3 Å². The maximum Gasteiger partial charge on any atom is 0.306 e. The van der Waals surface area contributed by atoms with Crippen LogP contribution in [0.4, 0.5) is 0 Å². The zero-order valence-electron chi connectivity index (χ0n) is 35.4. The van der Waals surface area contributed by atoms with Gasteiger partial charge < -0.3 is 34.3 Å². The van der Waals surface area contributed by atoms with Crippen molar-refractivity contribution in [2.24, 2.45) is 0 Å². The number of hydrogen-bond acceptors (Lipinski definition) is 11. The van der Waals surface area contributed by atoms with Crippen LogP contribution in [0.5, 0.6) is 0 Å². The molecule has 1 unspecified atom stereocenters. The second-order valence-electron chi connectivity index (χ2n) is 15.0. The van der Waals surface area contributed by atoms with Crippen molar-refractivity contribution in [1.82, 2.24) is 0 Å². The molecule has 1 rings (SSSR count). The highest BCUT2D eigenvalue weighted by Gasteiger charge is 2.46. The van der Waals surface area contributed by atoms with Crippen LogP contribution in [-0.2, 0) is 38.7 Å². The fraction of sp³-hybridized carbons (Fsp3) is 0.733. The molecule has 0 saturated carbocycles. The molecule has 334 valence electrons. The van der Waals surface area contributed by atoms with Gasteiger partial charge in [0.15, 0.2) is 12.4 Å². The van der Waals surface area contributed by atoms with Gasteiger partial charge in [0, 0.05) is 12.8 Å². The van der Waals surface area contributed by atoms with Crippen molar-refractivity contribution in [2.45, 2.75) is 192 Å². The third-order valence-electron chi connectivity index (χ3n) is 9.61. The number of carbonyl (C=O) groups is 2. The van der Waals surface area contributed by atoms with Crippen LogP contribution in [0, 0.1) is 0 Å². The number of aliphatic hydroxyl groups is 3. The molecule has 1 saturated heterocycles. The third kappa shape index (κ3) is 29.5. The van der Waals surface area contributed by atoms with Crippen molar-refractivity contribution >= 4 is 22.1 Å². The van der Waals surface area contributed by atoms with Gasteiger partial charge in [-0.1, -0.05) is 152 Å². The molecule has 58 heavy (non-hydrogen) atoms. The standard InChI is InChI=1S/C45H76O12S/c1-3-5-7-9-11-13-15-17-18-19-20-22-23-25-27-29-31-33-40(46)54-35-38(36-55-45-44(50)43(49)42(48)39(57-45)37-58(51,52)53)56-41(47)34-32-30-28-26-24-21-16-14-12-10-8-6-4-2/h5,7,11,13,17-18,20,22,25,27,38-39,42-45,48-50H,3-4,6,8-10,12,14-16,19,21,23-24,26,28-37H2,1-2H3,(H,51,52,53)/b7-5+,13-11+,18-17+,22-20+,27-25+/t38?,39-,42-,43+,44-,45+/m1/s1. The minimum Gasteiger partial charge on any atom is -0.462 e. The minimum absolute atomic E-state index is 0.140. The summed E-state index contributed by atoms with van der Waals surface area (Å²) in [7, 11) is -4.61. The molecule has 1 aliphatic heterocycles. The molecule has 0 aromatic carbocycles. The molecule has 12 nitrogen and oxygen atoms in total. The van der Waals surface area contributed by atoms with Gasteiger partial charge in [-0.15, -0.1) is 0 Å². The summed E-state index contributed by atoms with van der Waals surface area (Å²) in [5, 5.41) is 30.8. The lowest BCUT2D eigenvalue weighted by molar-refractivity contribution is -0.297. The first kappa shape index (κ1) is 53.4. The van der Waals surface area contributed by atoms with Crippen LogP contribution in [0.25, 0.3) is 0 Å². The molecule has 0 aliphatic carbocycles. The van der Waals surface area contributed by atoms with Crippen LogP contribution in [0.1, 0.15) is 155 Å². The third-order valence-corrected chi connectivity index (χ3v) is 10.4. The van der Waals surface area contributed by atoms with Gasteiger partial charge in [0.05, 0.1) is 6.61 Å². The largest absolute Gasteiger partial charge is 0.462 e. The summed E-state index contributed by atoms with van der Waals surface area (Å²) in [4.78, 5) is 25.3. The van der Waals surface area contributed by atoms with Crippen LogP contribution in [0.2, 0.25) is 0 Å². The van der Waals surface area contributed by atoms with Crippen molar-refractivity contribution < 1.29 is 56.8 Å². The quantitative estimate of drug-likeness (QED) is 0.0207. The summed E-state index contributed by atoms with van der Waals surface area (Å²) in [6, 6.07) is 0. The van der Waals surface area contributed by atoms with Crippen LogP contribution in [-0.4, -0.2) is 96.0 Å². The number of carbonyl (C=O) groups excluding carboxylic acids is 2. The van der Waals surface area contributed by atoms with Crippen molar-refractivity contribution in [1.29, 1.82) is 0 Å². The zero-order chi connectivity index (χ0) is 42.7. The molecular formula is C45H76O12S. The molecule has 1 aliphatic rings. The van der Waals surface area contributed by atoms with E-state index < -0.39 is 71.2 Å². The summed E-state index contributed by atoms with van der Waals surface area (Å²) in [6.45, 7) is 3.58. The number of esters is 2. The van der Waals surface area contributed by atoms with Gasteiger partial charge in [0.2, 0.25) is 0 Å². The molecule has 0 spiro atoms. The van der Waals surface area contributed by atoms with E-state index in [9.17, 15) is 37.9 Å².